The lowest BCUT2D eigenvalue weighted by Gasteiger charge is -2.16. The smallest absolute Gasteiger partial charge is 0.488 e. The van der Waals surface area contributed by atoms with E-state index in [4.69, 9.17) is 14.2 Å². The monoisotopic (exact) mass is 295 g/mol. The highest BCUT2D eigenvalue weighted by Gasteiger charge is 2.26. The van der Waals surface area contributed by atoms with Gasteiger partial charge in [0.25, 0.3) is 0 Å². The quantitative estimate of drug-likeness (QED) is 0.397. The predicted molar refractivity (Wildman–Crippen MR) is 67.9 cm³/mol. The van der Waals surface area contributed by atoms with E-state index in [0.717, 1.165) is 6.07 Å². The molecule has 1 rings (SSSR count). The summed E-state index contributed by atoms with van der Waals surface area (Å²) in [6.07, 6.45) is 0.705. The van der Waals surface area contributed by atoms with Crippen LogP contribution in [-0.4, -0.2) is 40.5 Å². The zero-order chi connectivity index (χ0) is 15.0. The summed E-state index contributed by atoms with van der Waals surface area (Å²) >= 11 is 0. The average Bonchev–Trinajstić information content (AvgIpc) is 2.38. The molecule has 0 amide bonds. The highest BCUT2D eigenvalue weighted by Crippen LogP contribution is 2.18. The van der Waals surface area contributed by atoms with Gasteiger partial charge in [0.1, 0.15) is 6.61 Å². The Labute approximate surface area is 114 Å². The molecule has 0 radical (unpaired) electrons. The number of methoxy groups -OCH3 is 1. The largest absolute Gasteiger partial charge is 0.509 e. The second kappa shape index (κ2) is 8.11. The Morgan fingerprint density at radius 3 is 2.45 bits per heavy atom. The third-order valence-corrected chi connectivity index (χ3v) is 2.46. The fourth-order valence-electron chi connectivity index (χ4n) is 1.45. The van der Waals surface area contributed by atoms with Gasteiger partial charge < -0.3 is 27.2 Å². The molecule has 0 heterocycles. The van der Waals surface area contributed by atoms with Gasteiger partial charge in [-0.3, -0.25) is 0 Å². The van der Waals surface area contributed by atoms with Crippen molar-refractivity contribution in [3.63, 3.8) is 0 Å². The normalized spacial score (nSPS) is 11.7. The number of hydrogen-bond acceptors (Lipinski definition) is 3. The standard InChI is InChI=1S/C12H16BF4O3/c1-18-5-2-6-19-7-8-20-12-9-10(13(15,16)17)3-4-11(12)14/h3-4,9H,2,5-8H2,1H3/q-1. The second-order valence-electron chi connectivity index (χ2n) is 4.07. The van der Waals surface area contributed by atoms with Crippen LogP contribution in [0.3, 0.4) is 0 Å². The van der Waals surface area contributed by atoms with Gasteiger partial charge in [0, 0.05) is 20.3 Å². The SMILES string of the molecule is COCCCOCCOc1cc([B-](F)(F)F)ccc1F. The van der Waals surface area contributed by atoms with Gasteiger partial charge in [-0.25, -0.2) is 4.39 Å². The van der Waals surface area contributed by atoms with E-state index < -0.39 is 24.0 Å². The molecule has 0 aromatic heterocycles. The van der Waals surface area contributed by atoms with E-state index in [1.807, 2.05) is 0 Å². The molecule has 0 aliphatic rings. The first-order valence-electron chi connectivity index (χ1n) is 6.14. The van der Waals surface area contributed by atoms with Crippen LogP contribution in [-0.2, 0) is 9.47 Å². The minimum atomic E-state index is -5.17. The predicted octanol–water partition coefficient (Wildman–Crippen LogP) is 2.31. The zero-order valence-corrected chi connectivity index (χ0v) is 11.1. The number of halogens is 4. The minimum absolute atomic E-state index is 0.0157. The first-order chi connectivity index (χ1) is 9.45. The Balaban J connectivity index is 2.40. The Morgan fingerprint density at radius 1 is 1.05 bits per heavy atom. The number of hydrogen-bond donors (Lipinski definition) is 0. The molecular formula is C12H16BF4O3-. The van der Waals surface area contributed by atoms with E-state index in [1.165, 1.54) is 0 Å². The van der Waals surface area contributed by atoms with Crippen LogP contribution in [0.4, 0.5) is 17.3 Å². The average molecular weight is 295 g/mol. The van der Waals surface area contributed by atoms with Gasteiger partial charge in [0.2, 0.25) is 0 Å². The molecule has 0 fully saturated rings. The fourth-order valence-corrected chi connectivity index (χ4v) is 1.45. The van der Waals surface area contributed by atoms with Crippen molar-refractivity contribution in [2.75, 3.05) is 33.5 Å². The van der Waals surface area contributed by atoms with Crippen LogP contribution in [0.25, 0.3) is 0 Å². The van der Waals surface area contributed by atoms with Gasteiger partial charge in [0.15, 0.2) is 11.6 Å². The van der Waals surface area contributed by atoms with Crippen LogP contribution in [0.15, 0.2) is 18.2 Å². The molecule has 8 heteroatoms. The highest BCUT2D eigenvalue weighted by molar-refractivity contribution is 6.73. The van der Waals surface area contributed by atoms with Gasteiger partial charge in [-0.2, -0.15) is 0 Å². The Kier molecular flexibility index (Phi) is 6.80. The summed E-state index contributed by atoms with van der Waals surface area (Å²) in [4.78, 5) is 0. The van der Waals surface area contributed by atoms with Gasteiger partial charge in [0.05, 0.1) is 6.61 Å². The highest BCUT2D eigenvalue weighted by atomic mass is 19.4. The van der Waals surface area contributed by atoms with E-state index in [-0.39, 0.29) is 13.2 Å². The van der Waals surface area contributed by atoms with Crippen LogP contribution >= 0.6 is 0 Å². The van der Waals surface area contributed by atoms with Crippen LogP contribution < -0.4 is 10.2 Å². The van der Waals surface area contributed by atoms with Crippen molar-refractivity contribution in [2.45, 2.75) is 6.42 Å². The number of benzene rings is 1. The summed E-state index contributed by atoms with van der Waals surface area (Å²) in [6, 6.07) is 2.11. The number of rotatable bonds is 9. The van der Waals surface area contributed by atoms with E-state index in [2.05, 4.69) is 0 Å². The molecule has 0 saturated heterocycles. The summed E-state index contributed by atoms with van der Waals surface area (Å²) in [6.45, 7) is -4.00. The lowest BCUT2D eigenvalue weighted by molar-refractivity contribution is 0.0797. The maximum absolute atomic E-state index is 13.3. The molecule has 0 N–H and O–H groups in total. The molecule has 0 saturated carbocycles. The summed E-state index contributed by atoms with van der Waals surface area (Å²) in [5.74, 6) is -1.24. The first kappa shape index (κ1) is 16.8. The van der Waals surface area contributed by atoms with Crippen molar-refractivity contribution < 1.29 is 31.5 Å². The molecule has 114 valence electrons. The third-order valence-electron chi connectivity index (χ3n) is 2.46. The molecule has 0 atom stereocenters. The maximum Gasteiger partial charge on any atom is 0.509 e. The molecule has 20 heavy (non-hydrogen) atoms. The van der Waals surface area contributed by atoms with Crippen molar-refractivity contribution in [2.24, 2.45) is 0 Å². The second-order valence-corrected chi connectivity index (χ2v) is 4.07. The molecular weight excluding hydrogens is 279 g/mol. The number of ether oxygens (including phenoxy) is 3. The third kappa shape index (κ3) is 5.79. The molecule has 1 aromatic carbocycles. The Hall–Kier alpha value is -1.28. The minimum Gasteiger partial charge on any atom is -0.488 e. The van der Waals surface area contributed by atoms with E-state index >= 15 is 0 Å². The molecule has 0 unspecified atom stereocenters. The maximum atomic E-state index is 13.3. The summed E-state index contributed by atoms with van der Waals surface area (Å²) in [5.41, 5.74) is -0.887. The summed E-state index contributed by atoms with van der Waals surface area (Å²) in [5, 5.41) is 0. The van der Waals surface area contributed by atoms with Crippen LogP contribution in [0.5, 0.6) is 5.75 Å². The van der Waals surface area contributed by atoms with Crippen LogP contribution in [0.1, 0.15) is 6.42 Å². The topological polar surface area (TPSA) is 27.7 Å². The van der Waals surface area contributed by atoms with Gasteiger partial charge in [-0.15, -0.1) is 5.46 Å². The fraction of sp³-hybridized carbons (Fsp3) is 0.500. The van der Waals surface area contributed by atoms with Crippen LogP contribution in [0.2, 0.25) is 0 Å². The van der Waals surface area contributed by atoms with Crippen LogP contribution in [0, 0.1) is 5.82 Å². The Bertz CT molecular complexity index is 412. The molecule has 0 spiro atoms. The van der Waals surface area contributed by atoms with E-state index in [1.54, 1.807) is 7.11 Å². The zero-order valence-electron chi connectivity index (χ0n) is 11.1. The molecule has 1 aromatic rings. The van der Waals surface area contributed by atoms with Crippen molar-refractivity contribution in [1.82, 2.24) is 0 Å². The van der Waals surface area contributed by atoms with E-state index in [0.29, 0.717) is 31.8 Å². The van der Waals surface area contributed by atoms with Gasteiger partial charge in [-0.05, 0) is 18.6 Å². The first-order valence-corrected chi connectivity index (χ1v) is 6.14. The summed E-state index contributed by atoms with van der Waals surface area (Å²) < 4.78 is 65.7. The molecule has 0 aliphatic heterocycles. The van der Waals surface area contributed by atoms with Crippen molar-refractivity contribution in [3.8, 4) is 5.75 Å². The van der Waals surface area contributed by atoms with Crippen molar-refractivity contribution >= 4 is 12.4 Å². The lowest BCUT2D eigenvalue weighted by Crippen LogP contribution is -2.34. The summed E-state index contributed by atoms with van der Waals surface area (Å²) in [7, 11) is 1.57. The van der Waals surface area contributed by atoms with Gasteiger partial charge in [-0.1, -0.05) is 6.07 Å². The lowest BCUT2D eigenvalue weighted by atomic mass is 9.80. The van der Waals surface area contributed by atoms with Gasteiger partial charge >= 0.3 is 6.98 Å². The van der Waals surface area contributed by atoms with E-state index in [9.17, 15) is 17.3 Å². The molecule has 0 bridgehead atoms. The Morgan fingerprint density at radius 2 is 1.80 bits per heavy atom. The molecule has 3 nitrogen and oxygen atoms in total. The molecule has 0 aliphatic carbocycles. The van der Waals surface area contributed by atoms with Crippen molar-refractivity contribution in [1.29, 1.82) is 0 Å². The van der Waals surface area contributed by atoms with Crippen molar-refractivity contribution in [3.05, 3.63) is 24.0 Å².